The molecule has 1 aliphatic carbocycles. The molecule has 0 aromatic rings. The molecule has 0 spiro atoms. The van der Waals surface area contributed by atoms with Crippen molar-refractivity contribution in [3.8, 4) is 0 Å². The Hall–Kier alpha value is -0.340. The minimum absolute atomic E-state index is 0.395. The first kappa shape index (κ1) is 4.53. The van der Waals surface area contributed by atoms with E-state index in [4.69, 9.17) is 5.73 Å². The summed E-state index contributed by atoms with van der Waals surface area (Å²) in [5.41, 5.74) is 8.62. The highest BCUT2D eigenvalue weighted by Crippen LogP contribution is 2.35. The summed E-state index contributed by atoms with van der Waals surface area (Å²) in [4.78, 5) is 2.29. The number of piperidine rings is 1. The lowest BCUT2D eigenvalue weighted by Gasteiger charge is -2.11. The van der Waals surface area contributed by atoms with Crippen LogP contribution in [0, 0.1) is 0 Å². The van der Waals surface area contributed by atoms with Crippen LogP contribution in [0.25, 0.3) is 0 Å². The van der Waals surface area contributed by atoms with Crippen molar-refractivity contribution in [1.82, 2.24) is 4.90 Å². The molecule has 2 nitrogen and oxygen atoms in total. The SMILES string of the molecule is CN1CC2=C(C1)C2N. The fraction of sp³-hybridized carbons (Fsp3) is 0.667. The predicted molar refractivity (Wildman–Crippen MR) is 32.5 cm³/mol. The second kappa shape index (κ2) is 1.14. The van der Waals surface area contributed by atoms with Crippen LogP contribution in [0.3, 0.4) is 0 Å². The van der Waals surface area contributed by atoms with Crippen molar-refractivity contribution in [2.75, 3.05) is 20.1 Å². The molecule has 2 heteroatoms. The van der Waals surface area contributed by atoms with E-state index in [9.17, 15) is 0 Å². The maximum atomic E-state index is 5.63. The van der Waals surface area contributed by atoms with Gasteiger partial charge in [0.05, 0.1) is 6.04 Å². The van der Waals surface area contributed by atoms with Crippen molar-refractivity contribution in [3.05, 3.63) is 11.1 Å². The monoisotopic (exact) mass is 110 g/mol. The highest BCUT2D eigenvalue weighted by atomic mass is 15.1. The maximum Gasteiger partial charge on any atom is 0.0502 e. The number of likely N-dealkylation sites (N-methyl/N-ethyl adjacent to an activating group) is 1. The van der Waals surface area contributed by atoms with Crippen LogP contribution in [0.15, 0.2) is 11.1 Å². The zero-order valence-electron chi connectivity index (χ0n) is 5.02. The molecule has 0 atom stereocenters. The number of hydrogen-bond donors (Lipinski definition) is 1. The minimum Gasteiger partial charge on any atom is -0.321 e. The van der Waals surface area contributed by atoms with Crippen molar-refractivity contribution >= 4 is 0 Å². The van der Waals surface area contributed by atoms with Crippen LogP contribution in [-0.4, -0.2) is 31.1 Å². The van der Waals surface area contributed by atoms with E-state index in [2.05, 4.69) is 11.9 Å². The molecule has 0 aromatic carbocycles. The number of nitrogens with two attached hydrogens (primary N) is 1. The van der Waals surface area contributed by atoms with Crippen molar-refractivity contribution in [1.29, 1.82) is 0 Å². The fourth-order valence-corrected chi connectivity index (χ4v) is 1.38. The van der Waals surface area contributed by atoms with Gasteiger partial charge in [-0.3, -0.25) is 4.90 Å². The minimum atomic E-state index is 0.395. The molecule has 1 aliphatic heterocycles. The molecule has 0 aromatic heterocycles. The van der Waals surface area contributed by atoms with Crippen molar-refractivity contribution < 1.29 is 0 Å². The molecule has 0 saturated heterocycles. The van der Waals surface area contributed by atoms with Crippen molar-refractivity contribution in [3.63, 3.8) is 0 Å². The summed E-state index contributed by atoms with van der Waals surface area (Å²) < 4.78 is 0. The van der Waals surface area contributed by atoms with Crippen LogP contribution in [0.1, 0.15) is 0 Å². The molecule has 8 heavy (non-hydrogen) atoms. The van der Waals surface area contributed by atoms with Crippen LogP contribution in [-0.2, 0) is 0 Å². The smallest absolute Gasteiger partial charge is 0.0502 e. The Morgan fingerprint density at radius 1 is 1.50 bits per heavy atom. The van der Waals surface area contributed by atoms with Crippen molar-refractivity contribution in [2.24, 2.45) is 5.73 Å². The van der Waals surface area contributed by atoms with Gasteiger partial charge in [-0.25, -0.2) is 0 Å². The van der Waals surface area contributed by atoms with Gasteiger partial charge in [0.25, 0.3) is 0 Å². The van der Waals surface area contributed by atoms with E-state index in [-0.39, 0.29) is 0 Å². The number of likely N-dealkylation sites (tertiary alicyclic amines) is 1. The summed E-state index contributed by atoms with van der Waals surface area (Å²) in [6, 6.07) is 0.395. The Balaban J connectivity index is 2.08. The summed E-state index contributed by atoms with van der Waals surface area (Å²) >= 11 is 0. The van der Waals surface area contributed by atoms with Gasteiger partial charge >= 0.3 is 0 Å². The summed E-state index contributed by atoms with van der Waals surface area (Å²) in [7, 11) is 2.12. The van der Waals surface area contributed by atoms with Crippen molar-refractivity contribution in [2.45, 2.75) is 6.04 Å². The van der Waals surface area contributed by atoms with Gasteiger partial charge in [0.1, 0.15) is 0 Å². The molecule has 2 aliphatic rings. The Labute approximate surface area is 49.0 Å². The molecule has 0 bridgehead atoms. The van der Waals surface area contributed by atoms with Gasteiger partial charge in [-0.2, -0.15) is 0 Å². The summed E-state index contributed by atoms with van der Waals surface area (Å²) in [5.74, 6) is 0. The Morgan fingerprint density at radius 2 is 2.00 bits per heavy atom. The summed E-state index contributed by atoms with van der Waals surface area (Å²) in [6.45, 7) is 2.24. The van der Waals surface area contributed by atoms with Crippen LogP contribution < -0.4 is 5.73 Å². The normalized spacial score (nSPS) is 29.2. The predicted octanol–water partition coefficient (Wildman–Crippen LogP) is -0.431. The van der Waals surface area contributed by atoms with E-state index in [1.165, 1.54) is 11.1 Å². The van der Waals surface area contributed by atoms with Gasteiger partial charge in [-0.1, -0.05) is 0 Å². The molecule has 2 N–H and O–H groups in total. The lowest BCUT2D eigenvalue weighted by atomic mass is 10.3. The standard InChI is InChI=1S/C6H10N2/c1-8-2-4-5(3-8)6(4)7/h6H,2-3,7H2,1H3. The van der Waals surface area contributed by atoms with Gasteiger partial charge in [0.2, 0.25) is 0 Å². The summed E-state index contributed by atoms with van der Waals surface area (Å²) in [5, 5.41) is 0. The van der Waals surface area contributed by atoms with Crippen LogP contribution >= 0.6 is 0 Å². The largest absolute Gasteiger partial charge is 0.321 e. The average molecular weight is 110 g/mol. The number of nitrogens with zero attached hydrogens (tertiary/aromatic N) is 1. The first-order valence-corrected chi connectivity index (χ1v) is 2.95. The zero-order valence-corrected chi connectivity index (χ0v) is 5.02. The molecular weight excluding hydrogens is 100 g/mol. The molecule has 0 unspecified atom stereocenters. The first-order valence-electron chi connectivity index (χ1n) is 2.95. The van der Waals surface area contributed by atoms with Gasteiger partial charge in [0, 0.05) is 13.1 Å². The van der Waals surface area contributed by atoms with E-state index in [0.717, 1.165) is 13.1 Å². The van der Waals surface area contributed by atoms with E-state index >= 15 is 0 Å². The summed E-state index contributed by atoms with van der Waals surface area (Å²) in [6.07, 6.45) is 0. The molecule has 0 radical (unpaired) electrons. The third-order valence-corrected chi connectivity index (χ3v) is 1.96. The molecule has 2 rings (SSSR count). The topological polar surface area (TPSA) is 29.3 Å². The quantitative estimate of drug-likeness (QED) is 0.429. The van der Waals surface area contributed by atoms with Crippen LogP contribution in [0.2, 0.25) is 0 Å². The second-order valence-corrected chi connectivity index (χ2v) is 2.70. The van der Waals surface area contributed by atoms with E-state index < -0.39 is 0 Å². The second-order valence-electron chi connectivity index (χ2n) is 2.70. The molecular formula is C6H10N2. The third kappa shape index (κ3) is 0.394. The first-order chi connectivity index (χ1) is 3.79. The maximum absolute atomic E-state index is 5.63. The van der Waals surface area contributed by atoms with Crippen LogP contribution in [0.4, 0.5) is 0 Å². The lowest BCUT2D eigenvalue weighted by molar-refractivity contribution is 0.404. The number of rotatable bonds is 0. The molecule has 1 heterocycles. The van der Waals surface area contributed by atoms with Gasteiger partial charge in [-0.15, -0.1) is 0 Å². The molecule has 0 saturated carbocycles. The van der Waals surface area contributed by atoms with E-state index in [1.807, 2.05) is 0 Å². The van der Waals surface area contributed by atoms with Gasteiger partial charge < -0.3 is 5.73 Å². The average Bonchev–Trinajstić information content (AvgIpc) is 2.29. The number of hydrogen-bond acceptors (Lipinski definition) is 2. The Morgan fingerprint density at radius 3 is 2.38 bits per heavy atom. The Bertz CT molecular complexity index is 144. The highest BCUT2D eigenvalue weighted by Gasteiger charge is 2.38. The molecule has 0 fully saturated rings. The van der Waals surface area contributed by atoms with E-state index in [0.29, 0.717) is 6.04 Å². The van der Waals surface area contributed by atoms with Gasteiger partial charge in [0.15, 0.2) is 0 Å². The van der Waals surface area contributed by atoms with Gasteiger partial charge in [-0.05, 0) is 18.2 Å². The van der Waals surface area contributed by atoms with E-state index in [1.54, 1.807) is 0 Å². The zero-order chi connectivity index (χ0) is 5.72. The van der Waals surface area contributed by atoms with Crippen LogP contribution in [0.5, 0.6) is 0 Å². The highest BCUT2D eigenvalue weighted by molar-refractivity contribution is 5.50. The Kier molecular flexibility index (Phi) is 0.648. The molecule has 44 valence electrons. The lowest BCUT2D eigenvalue weighted by Crippen LogP contribution is -2.25. The fourth-order valence-electron chi connectivity index (χ4n) is 1.38. The molecule has 0 amide bonds. The third-order valence-electron chi connectivity index (χ3n) is 1.96.